The van der Waals surface area contributed by atoms with Crippen LogP contribution in [0.25, 0.3) is 0 Å². The first-order valence-electron chi connectivity index (χ1n) is 6.08. The van der Waals surface area contributed by atoms with E-state index in [1.807, 2.05) is 49.4 Å². The van der Waals surface area contributed by atoms with Crippen LogP contribution in [0.1, 0.15) is 12.5 Å². The summed E-state index contributed by atoms with van der Waals surface area (Å²) in [7, 11) is 0. The highest BCUT2D eigenvalue weighted by Gasteiger charge is 2.05. The summed E-state index contributed by atoms with van der Waals surface area (Å²) in [6.07, 6.45) is 0. The number of hydrogen-bond acceptors (Lipinski definition) is 3. The summed E-state index contributed by atoms with van der Waals surface area (Å²) in [4.78, 5) is 1.18. The van der Waals surface area contributed by atoms with Gasteiger partial charge in [-0.05, 0) is 49.4 Å². The first-order chi connectivity index (χ1) is 9.19. The van der Waals surface area contributed by atoms with Crippen molar-refractivity contribution in [3.8, 4) is 5.75 Å². The molecule has 100 valence electrons. The molecule has 0 aromatic heterocycles. The Kier molecular flexibility index (Phi) is 5.00. The Morgan fingerprint density at radius 1 is 1.16 bits per heavy atom. The zero-order valence-electron chi connectivity index (χ0n) is 10.7. The lowest BCUT2D eigenvalue weighted by molar-refractivity contribution is 0.337. The number of anilines is 1. The number of ether oxygens (including phenoxy) is 1. The Bertz CT molecular complexity index is 542. The van der Waals surface area contributed by atoms with E-state index in [1.54, 1.807) is 11.8 Å². The molecule has 2 nitrogen and oxygen atoms in total. The summed E-state index contributed by atoms with van der Waals surface area (Å²) in [6.45, 7) is 2.63. The molecule has 0 aliphatic heterocycles. The van der Waals surface area contributed by atoms with Crippen LogP contribution >= 0.6 is 23.4 Å². The van der Waals surface area contributed by atoms with Gasteiger partial charge in [0.2, 0.25) is 0 Å². The van der Waals surface area contributed by atoms with Crippen LogP contribution in [-0.2, 0) is 5.75 Å². The Balaban J connectivity index is 2.09. The largest absolute Gasteiger partial charge is 0.494 e. The van der Waals surface area contributed by atoms with Gasteiger partial charge < -0.3 is 10.5 Å². The molecule has 0 unspecified atom stereocenters. The molecule has 0 bridgehead atoms. The first-order valence-corrected chi connectivity index (χ1v) is 7.45. The minimum Gasteiger partial charge on any atom is -0.494 e. The minimum atomic E-state index is 0.655. The molecule has 2 aromatic carbocycles. The summed E-state index contributed by atoms with van der Waals surface area (Å²) >= 11 is 7.61. The lowest BCUT2D eigenvalue weighted by Crippen LogP contribution is -1.97. The topological polar surface area (TPSA) is 35.2 Å². The third kappa shape index (κ3) is 4.08. The van der Waals surface area contributed by atoms with Gasteiger partial charge in [0.25, 0.3) is 0 Å². The molecule has 0 aliphatic carbocycles. The van der Waals surface area contributed by atoms with Crippen molar-refractivity contribution in [1.29, 1.82) is 0 Å². The van der Waals surface area contributed by atoms with Crippen LogP contribution in [0.2, 0.25) is 5.02 Å². The Morgan fingerprint density at radius 3 is 2.58 bits per heavy atom. The smallest absolute Gasteiger partial charge is 0.123 e. The third-order valence-electron chi connectivity index (χ3n) is 2.59. The molecular formula is C15H16ClNOS. The van der Waals surface area contributed by atoms with Crippen molar-refractivity contribution < 1.29 is 4.74 Å². The van der Waals surface area contributed by atoms with E-state index in [2.05, 4.69) is 0 Å². The lowest BCUT2D eigenvalue weighted by Gasteiger charge is -2.11. The number of hydrogen-bond donors (Lipinski definition) is 1. The van der Waals surface area contributed by atoms with Crippen molar-refractivity contribution in [2.75, 3.05) is 12.3 Å². The molecule has 2 rings (SSSR count). The SMILES string of the molecule is CCOc1ccc(N)cc1CSc1ccc(Cl)cc1. The number of rotatable bonds is 5. The fraction of sp³-hybridized carbons (Fsp3) is 0.200. The molecule has 0 atom stereocenters. The average Bonchev–Trinajstić information content (AvgIpc) is 2.41. The van der Waals surface area contributed by atoms with E-state index in [-0.39, 0.29) is 0 Å². The van der Waals surface area contributed by atoms with Crippen LogP contribution in [0.15, 0.2) is 47.4 Å². The second kappa shape index (κ2) is 6.73. The van der Waals surface area contributed by atoms with Crippen LogP contribution in [-0.4, -0.2) is 6.61 Å². The van der Waals surface area contributed by atoms with Crippen molar-refractivity contribution in [2.45, 2.75) is 17.6 Å². The van der Waals surface area contributed by atoms with Gasteiger partial charge in [0.1, 0.15) is 5.75 Å². The monoisotopic (exact) mass is 293 g/mol. The van der Waals surface area contributed by atoms with Gasteiger partial charge in [-0.1, -0.05) is 11.6 Å². The van der Waals surface area contributed by atoms with Gasteiger partial charge >= 0.3 is 0 Å². The molecule has 0 heterocycles. The Labute approximate surface area is 122 Å². The summed E-state index contributed by atoms with van der Waals surface area (Å²) in [5.41, 5.74) is 7.70. The highest BCUT2D eigenvalue weighted by atomic mass is 35.5. The molecule has 2 aromatic rings. The predicted molar refractivity (Wildman–Crippen MR) is 83.0 cm³/mol. The molecule has 4 heteroatoms. The maximum Gasteiger partial charge on any atom is 0.123 e. The van der Waals surface area contributed by atoms with Crippen LogP contribution < -0.4 is 10.5 Å². The minimum absolute atomic E-state index is 0.655. The zero-order chi connectivity index (χ0) is 13.7. The van der Waals surface area contributed by atoms with Gasteiger partial charge in [-0.15, -0.1) is 11.8 Å². The van der Waals surface area contributed by atoms with Gasteiger partial charge in [-0.25, -0.2) is 0 Å². The molecular weight excluding hydrogens is 278 g/mol. The maximum atomic E-state index is 5.87. The molecule has 0 fully saturated rings. The molecule has 2 N–H and O–H groups in total. The van der Waals surface area contributed by atoms with E-state index in [4.69, 9.17) is 22.1 Å². The second-order valence-corrected chi connectivity index (χ2v) is 5.53. The molecule has 19 heavy (non-hydrogen) atoms. The molecule has 0 spiro atoms. The van der Waals surface area contributed by atoms with Crippen LogP contribution in [0.3, 0.4) is 0 Å². The van der Waals surface area contributed by atoms with E-state index in [9.17, 15) is 0 Å². The van der Waals surface area contributed by atoms with Gasteiger partial charge in [-0.2, -0.15) is 0 Å². The van der Waals surface area contributed by atoms with Crippen molar-refractivity contribution in [3.05, 3.63) is 53.1 Å². The predicted octanol–water partition coefficient (Wildman–Crippen LogP) is 4.61. The van der Waals surface area contributed by atoms with Crippen molar-refractivity contribution in [2.24, 2.45) is 0 Å². The number of thioether (sulfide) groups is 1. The third-order valence-corrected chi connectivity index (χ3v) is 3.91. The Hall–Kier alpha value is -1.32. The summed E-state index contributed by atoms with van der Waals surface area (Å²) in [6, 6.07) is 13.6. The van der Waals surface area contributed by atoms with Crippen molar-refractivity contribution >= 4 is 29.1 Å². The van der Waals surface area contributed by atoms with Gasteiger partial charge in [0, 0.05) is 26.9 Å². The number of halogens is 1. The number of benzene rings is 2. The summed E-state index contributed by atoms with van der Waals surface area (Å²) in [5, 5.41) is 0.753. The van der Waals surface area contributed by atoms with Gasteiger partial charge in [0.15, 0.2) is 0 Å². The highest BCUT2D eigenvalue weighted by Crippen LogP contribution is 2.30. The molecule has 0 aliphatic rings. The van der Waals surface area contributed by atoms with E-state index in [0.717, 1.165) is 27.8 Å². The fourth-order valence-corrected chi connectivity index (χ4v) is 2.70. The van der Waals surface area contributed by atoms with Crippen molar-refractivity contribution in [1.82, 2.24) is 0 Å². The second-order valence-electron chi connectivity index (χ2n) is 4.04. The van der Waals surface area contributed by atoms with Gasteiger partial charge in [0.05, 0.1) is 6.61 Å². The van der Waals surface area contributed by atoms with E-state index in [1.165, 1.54) is 4.90 Å². The maximum absolute atomic E-state index is 5.87. The molecule has 0 amide bonds. The molecule has 0 radical (unpaired) electrons. The molecule has 0 saturated carbocycles. The zero-order valence-corrected chi connectivity index (χ0v) is 12.3. The van der Waals surface area contributed by atoms with Crippen LogP contribution in [0.5, 0.6) is 5.75 Å². The fourth-order valence-electron chi connectivity index (χ4n) is 1.70. The van der Waals surface area contributed by atoms with E-state index in [0.29, 0.717) is 6.61 Å². The average molecular weight is 294 g/mol. The highest BCUT2D eigenvalue weighted by molar-refractivity contribution is 7.98. The van der Waals surface area contributed by atoms with E-state index >= 15 is 0 Å². The van der Waals surface area contributed by atoms with Gasteiger partial charge in [-0.3, -0.25) is 0 Å². The Morgan fingerprint density at radius 2 is 1.89 bits per heavy atom. The standard InChI is InChI=1S/C15H16ClNOS/c1-2-18-15-8-5-13(17)9-11(15)10-19-14-6-3-12(16)4-7-14/h3-9H,2,10,17H2,1H3. The lowest BCUT2D eigenvalue weighted by atomic mass is 10.2. The summed E-state index contributed by atoms with van der Waals surface area (Å²) in [5.74, 6) is 1.72. The van der Waals surface area contributed by atoms with Crippen LogP contribution in [0, 0.1) is 0 Å². The van der Waals surface area contributed by atoms with Crippen molar-refractivity contribution in [3.63, 3.8) is 0 Å². The van der Waals surface area contributed by atoms with Crippen LogP contribution in [0.4, 0.5) is 5.69 Å². The quantitative estimate of drug-likeness (QED) is 0.646. The molecule has 0 saturated heterocycles. The first kappa shape index (κ1) is 14.1. The van der Waals surface area contributed by atoms with E-state index < -0.39 is 0 Å². The normalized spacial score (nSPS) is 10.4. The number of nitrogens with two attached hydrogens (primary N) is 1. The number of nitrogen functional groups attached to an aromatic ring is 1. The summed E-state index contributed by atoms with van der Waals surface area (Å²) < 4.78 is 5.61.